The third-order valence-corrected chi connectivity index (χ3v) is 4.74. The molecule has 0 spiro atoms. The normalized spacial score (nSPS) is 11.9. The minimum Gasteiger partial charge on any atom is -0.486 e. The van der Waals surface area contributed by atoms with Gasteiger partial charge >= 0.3 is 0 Å². The van der Waals surface area contributed by atoms with Crippen molar-refractivity contribution < 1.29 is 21.6 Å². The van der Waals surface area contributed by atoms with Crippen molar-refractivity contribution in [1.29, 1.82) is 5.41 Å². The Labute approximate surface area is 123 Å². The summed E-state index contributed by atoms with van der Waals surface area (Å²) in [5, 5.41) is 7.01. The van der Waals surface area contributed by atoms with Gasteiger partial charge in [-0.1, -0.05) is 0 Å². The number of benzene rings is 1. The lowest BCUT2D eigenvalue weighted by atomic mass is 10.3. The number of amidine groups is 1. The molecule has 0 aromatic heterocycles. The van der Waals surface area contributed by atoms with Gasteiger partial charge in [-0.25, -0.2) is 16.8 Å². The Hall–Kier alpha value is -1.81. The van der Waals surface area contributed by atoms with E-state index in [-0.39, 0.29) is 12.4 Å². The minimum atomic E-state index is -3.73. The maximum atomic E-state index is 11.7. The largest absolute Gasteiger partial charge is 0.486 e. The molecule has 0 aliphatic carbocycles. The SMILES string of the molecule is CS(=O)(=O)CCS(=O)(=O)Nc1ccc(OCC(=N)N)cc1. The van der Waals surface area contributed by atoms with E-state index in [9.17, 15) is 16.8 Å². The molecule has 0 saturated carbocycles. The first kappa shape index (κ1) is 17.2. The first-order valence-corrected chi connectivity index (χ1v) is 9.53. The molecule has 0 aliphatic rings. The Morgan fingerprint density at radius 1 is 1.19 bits per heavy atom. The summed E-state index contributed by atoms with van der Waals surface area (Å²) in [6.45, 7) is -0.0561. The zero-order valence-electron chi connectivity index (χ0n) is 11.4. The lowest BCUT2D eigenvalue weighted by Gasteiger charge is -2.09. The summed E-state index contributed by atoms with van der Waals surface area (Å²) in [7, 11) is -7.07. The van der Waals surface area contributed by atoms with Crippen molar-refractivity contribution in [2.75, 3.05) is 29.1 Å². The fourth-order valence-electron chi connectivity index (χ4n) is 1.27. The fourth-order valence-corrected chi connectivity index (χ4v) is 3.96. The molecule has 0 aliphatic heterocycles. The Kier molecular flexibility index (Phi) is 5.55. The van der Waals surface area contributed by atoms with E-state index in [0.717, 1.165) is 6.26 Å². The highest BCUT2D eigenvalue weighted by Gasteiger charge is 2.14. The maximum Gasteiger partial charge on any atom is 0.233 e. The topological polar surface area (TPSA) is 139 Å². The van der Waals surface area contributed by atoms with Crippen LogP contribution >= 0.6 is 0 Å². The van der Waals surface area contributed by atoms with Crippen LogP contribution in [-0.4, -0.2) is 47.0 Å². The van der Waals surface area contributed by atoms with E-state index in [1.807, 2.05) is 0 Å². The van der Waals surface area contributed by atoms with Gasteiger partial charge in [0.2, 0.25) is 10.0 Å². The van der Waals surface area contributed by atoms with E-state index in [4.69, 9.17) is 15.9 Å². The number of rotatable bonds is 8. The van der Waals surface area contributed by atoms with Crippen LogP contribution in [0.25, 0.3) is 0 Å². The van der Waals surface area contributed by atoms with Crippen LogP contribution in [-0.2, 0) is 19.9 Å². The van der Waals surface area contributed by atoms with Gasteiger partial charge in [0.25, 0.3) is 0 Å². The first-order valence-electron chi connectivity index (χ1n) is 5.81. The standard InChI is InChI=1S/C11H17N3O5S2/c1-20(15,16)6-7-21(17,18)14-9-2-4-10(5-3-9)19-8-11(12)13/h2-5,14H,6-8H2,1H3,(H3,12,13). The summed E-state index contributed by atoms with van der Waals surface area (Å²) in [5.41, 5.74) is 5.43. The number of sulfonamides is 1. The molecular formula is C11H17N3O5S2. The summed E-state index contributed by atoms with van der Waals surface area (Å²) < 4.78 is 52.7. The van der Waals surface area contributed by atoms with Crippen molar-refractivity contribution in [2.45, 2.75) is 0 Å². The average Bonchev–Trinajstić information content (AvgIpc) is 2.35. The summed E-state index contributed by atoms with van der Waals surface area (Å²) in [6.07, 6.45) is 0.976. The van der Waals surface area contributed by atoms with Crippen LogP contribution in [0.4, 0.5) is 5.69 Å². The average molecular weight is 335 g/mol. The molecule has 0 amide bonds. The second kappa shape index (κ2) is 6.76. The number of ether oxygens (including phenoxy) is 1. The van der Waals surface area contributed by atoms with Crippen molar-refractivity contribution in [3.63, 3.8) is 0 Å². The highest BCUT2D eigenvalue weighted by molar-refractivity contribution is 7.95. The summed E-state index contributed by atoms with van der Waals surface area (Å²) in [6, 6.07) is 5.95. The quantitative estimate of drug-likeness (QED) is 0.443. The molecule has 1 rings (SSSR count). The molecule has 0 fully saturated rings. The smallest absolute Gasteiger partial charge is 0.233 e. The summed E-state index contributed by atoms with van der Waals surface area (Å²) in [5.74, 6) is -0.638. The van der Waals surface area contributed by atoms with Crippen LogP contribution in [0.3, 0.4) is 0 Å². The number of hydrogen-bond donors (Lipinski definition) is 3. The molecular weight excluding hydrogens is 318 g/mol. The first-order chi connectivity index (χ1) is 9.57. The lowest BCUT2D eigenvalue weighted by molar-refractivity contribution is 0.374. The molecule has 21 heavy (non-hydrogen) atoms. The van der Waals surface area contributed by atoms with Crippen LogP contribution in [0.5, 0.6) is 5.75 Å². The van der Waals surface area contributed by atoms with Crippen molar-refractivity contribution in [1.82, 2.24) is 0 Å². The number of hydrogen-bond acceptors (Lipinski definition) is 6. The van der Waals surface area contributed by atoms with Crippen molar-refractivity contribution in [2.24, 2.45) is 5.73 Å². The number of anilines is 1. The van der Waals surface area contributed by atoms with E-state index in [0.29, 0.717) is 11.4 Å². The maximum absolute atomic E-state index is 11.7. The fraction of sp³-hybridized carbons (Fsp3) is 0.364. The van der Waals surface area contributed by atoms with Gasteiger partial charge in [-0.2, -0.15) is 0 Å². The van der Waals surface area contributed by atoms with Gasteiger partial charge in [-0.3, -0.25) is 10.1 Å². The third-order valence-electron chi connectivity index (χ3n) is 2.24. The van der Waals surface area contributed by atoms with Crippen molar-refractivity contribution in [3.8, 4) is 5.75 Å². The molecule has 118 valence electrons. The van der Waals surface area contributed by atoms with Gasteiger partial charge in [0.1, 0.15) is 28.0 Å². The van der Waals surface area contributed by atoms with Crippen LogP contribution < -0.4 is 15.2 Å². The van der Waals surface area contributed by atoms with Gasteiger partial charge in [-0.05, 0) is 24.3 Å². The molecule has 0 saturated heterocycles. The zero-order chi connectivity index (χ0) is 16.1. The number of sulfone groups is 1. The van der Waals surface area contributed by atoms with E-state index < -0.39 is 31.4 Å². The second-order valence-electron chi connectivity index (χ2n) is 4.39. The van der Waals surface area contributed by atoms with E-state index in [2.05, 4.69) is 4.72 Å². The molecule has 0 radical (unpaired) electrons. The monoisotopic (exact) mass is 335 g/mol. The molecule has 4 N–H and O–H groups in total. The van der Waals surface area contributed by atoms with Crippen molar-refractivity contribution in [3.05, 3.63) is 24.3 Å². The molecule has 0 bridgehead atoms. The molecule has 1 aromatic carbocycles. The van der Waals surface area contributed by atoms with Gasteiger partial charge in [0.05, 0.1) is 11.5 Å². The van der Waals surface area contributed by atoms with Gasteiger partial charge < -0.3 is 10.5 Å². The second-order valence-corrected chi connectivity index (χ2v) is 8.49. The lowest BCUT2D eigenvalue weighted by Crippen LogP contribution is -2.22. The van der Waals surface area contributed by atoms with E-state index in [1.54, 1.807) is 0 Å². The Morgan fingerprint density at radius 2 is 1.76 bits per heavy atom. The molecule has 10 heteroatoms. The molecule has 1 aromatic rings. The minimum absolute atomic E-state index is 0.0561. The number of nitrogens with one attached hydrogen (secondary N) is 2. The van der Waals surface area contributed by atoms with Crippen molar-refractivity contribution >= 4 is 31.4 Å². The van der Waals surface area contributed by atoms with Crippen LogP contribution in [0.15, 0.2) is 24.3 Å². The van der Waals surface area contributed by atoms with Gasteiger partial charge in [-0.15, -0.1) is 0 Å². The highest BCUT2D eigenvalue weighted by Crippen LogP contribution is 2.16. The van der Waals surface area contributed by atoms with Gasteiger partial charge in [0, 0.05) is 11.9 Å². The summed E-state index contributed by atoms with van der Waals surface area (Å²) in [4.78, 5) is 0. The molecule has 8 nitrogen and oxygen atoms in total. The predicted molar refractivity (Wildman–Crippen MR) is 81.0 cm³/mol. The van der Waals surface area contributed by atoms with Gasteiger partial charge in [0.15, 0.2) is 0 Å². The number of nitrogens with two attached hydrogens (primary N) is 1. The molecule has 0 atom stereocenters. The predicted octanol–water partition coefficient (Wildman–Crippen LogP) is -0.212. The Morgan fingerprint density at radius 3 is 2.24 bits per heavy atom. The summed E-state index contributed by atoms with van der Waals surface area (Å²) >= 11 is 0. The van der Waals surface area contributed by atoms with Crippen LogP contribution in [0, 0.1) is 5.41 Å². The Balaban J connectivity index is 2.64. The zero-order valence-corrected chi connectivity index (χ0v) is 13.0. The van der Waals surface area contributed by atoms with Crippen LogP contribution in [0.1, 0.15) is 0 Å². The third kappa shape index (κ3) is 7.51. The molecule has 0 heterocycles. The Bertz CT molecular complexity index is 696. The molecule has 0 unspecified atom stereocenters. The highest BCUT2D eigenvalue weighted by atomic mass is 32.2. The van der Waals surface area contributed by atoms with E-state index >= 15 is 0 Å². The van der Waals surface area contributed by atoms with Crippen LogP contribution in [0.2, 0.25) is 0 Å². The van der Waals surface area contributed by atoms with E-state index in [1.165, 1.54) is 24.3 Å².